The van der Waals surface area contributed by atoms with Gasteiger partial charge in [0, 0.05) is 36.6 Å². The highest BCUT2D eigenvalue weighted by Crippen LogP contribution is 2.30. The van der Waals surface area contributed by atoms with Gasteiger partial charge in [-0.05, 0) is 48.1 Å². The fourth-order valence-corrected chi connectivity index (χ4v) is 3.81. The van der Waals surface area contributed by atoms with Crippen LogP contribution in [0.25, 0.3) is 10.4 Å². The van der Waals surface area contributed by atoms with Gasteiger partial charge in [-0.15, -0.1) is 11.3 Å². The predicted molar refractivity (Wildman–Crippen MR) is 97.3 cm³/mol. The van der Waals surface area contributed by atoms with Gasteiger partial charge >= 0.3 is 6.03 Å². The zero-order chi connectivity index (χ0) is 17.1. The van der Waals surface area contributed by atoms with E-state index in [4.69, 9.17) is 0 Å². The van der Waals surface area contributed by atoms with Crippen LogP contribution < -0.4 is 10.6 Å². The highest BCUT2D eigenvalue weighted by atomic mass is 32.1. The van der Waals surface area contributed by atoms with Crippen molar-refractivity contribution in [2.24, 2.45) is 0 Å². The lowest BCUT2D eigenvalue weighted by atomic mass is 10.1. The summed E-state index contributed by atoms with van der Waals surface area (Å²) >= 11 is 1.69. The van der Waals surface area contributed by atoms with E-state index in [1.165, 1.54) is 10.4 Å². The second kappa shape index (κ2) is 7.05. The minimum atomic E-state index is -0.234. The summed E-state index contributed by atoms with van der Waals surface area (Å²) in [5, 5.41) is 7.90. The van der Waals surface area contributed by atoms with Crippen LogP contribution in [0.4, 0.5) is 10.5 Å². The number of hydrogen-bond acceptors (Lipinski definition) is 3. The van der Waals surface area contributed by atoms with Crippen molar-refractivity contribution in [3.63, 3.8) is 0 Å². The van der Waals surface area contributed by atoms with Crippen LogP contribution in [0.15, 0.2) is 35.7 Å². The summed E-state index contributed by atoms with van der Waals surface area (Å²) in [5.74, 6) is 0.132. The Labute approximate surface area is 145 Å². The van der Waals surface area contributed by atoms with Gasteiger partial charge in [0.15, 0.2) is 0 Å². The molecule has 1 aromatic carbocycles. The summed E-state index contributed by atoms with van der Waals surface area (Å²) in [6.07, 6.45) is 1.17. The Morgan fingerprint density at radius 2 is 2.17 bits per heavy atom. The number of carbonyl (C=O) groups is 2. The SMILES string of the molecule is Cc1ccsc1-c1cccc(NC(=O)N[C@H]2CCC(=O)N(C)C2)c1. The highest BCUT2D eigenvalue weighted by molar-refractivity contribution is 7.13. The van der Waals surface area contributed by atoms with Crippen LogP contribution >= 0.6 is 11.3 Å². The molecule has 0 radical (unpaired) electrons. The topological polar surface area (TPSA) is 61.4 Å². The normalized spacial score (nSPS) is 17.7. The number of likely N-dealkylation sites (tertiary alicyclic amines) is 1. The van der Waals surface area contributed by atoms with Gasteiger partial charge in [-0.2, -0.15) is 0 Å². The Bertz CT molecular complexity index is 756. The minimum Gasteiger partial charge on any atom is -0.344 e. The third kappa shape index (κ3) is 3.76. The fraction of sp³-hybridized carbons (Fsp3) is 0.333. The number of likely N-dealkylation sites (N-methyl/N-ethyl adjacent to an activating group) is 1. The van der Waals surface area contributed by atoms with E-state index in [1.54, 1.807) is 23.3 Å². The lowest BCUT2D eigenvalue weighted by molar-refractivity contribution is -0.132. The van der Waals surface area contributed by atoms with E-state index in [-0.39, 0.29) is 18.0 Å². The number of benzene rings is 1. The van der Waals surface area contributed by atoms with Crippen LogP contribution in [0.2, 0.25) is 0 Å². The molecule has 2 aromatic rings. The van der Waals surface area contributed by atoms with Gasteiger partial charge in [0.1, 0.15) is 0 Å². The average molecular weight is 343 g/mol. The van der Waals surface area contributed by atoms with E-state index in [9.17, 15) is 9.59 Å². The molecule has 0 saturated carbocycles. The van der Waals surface area contributed by atoms with Crippen LogP contribution in [-0.2, 0) is 4.79 Å². The molecule has 126 valence electrons. The van der Waals surface area contributed by atoms with Gasteiger partial charge in [0.05, 0.1) is 0 Å². The Hall–Kier alpha value is -2.34. The summed E-state index contributed by atoms with van der Waals surface area (Å²) in [4.78, 5) is 26.6. The number of aryl methyl sites for hydroxylation is 1. The monoisotopic (exact) mass is 343 g/mol. The van der Waals surface area contributed by atoms with Gasteiger partial charge in [0.25, 0.3) is 0 Å². The zero-order valence-electron chi connectivity index (χ0n) is 13.8. The maximum atomic E-state index is 12.2. The summed E-state index contributed by atoms with van der Waals surface area (Å²) in [7, 11) is 1.76. The molecule has 0 aliphatic carbocycles. The maximum Gasteiger partial charge on any atom is 0.319 e. The Morgan fingerprint density at radius 1 is 1.33 bits per heavy atom. The van der Waals surface area contributed by atoms with E-state index in [0.717, 1.165) is 11.3 Å². The number of urea groups is 1. The summed E-state index contributed by atoms with van der Waals surface area (Å²) in [5.41, 5.74) is 3.10. The molecular formula is C18H21N3O2S. The molecule has 0 spiro atoms. The second-order valence-corrected chi connectivity index (χ2v) is 7.04. The quantitative estimate of drug-likeness (QED) is 0.896. The Morgan fingerprint density at radius 3 is 2.88 bits per heavy atom. The van der Waals surface area contributed by atoms with E-state index in [1.807, 2.05) is 24.3 Å². The van der Waals surface area contributed by atoms with Crippen LogP contribution in [0.5, 0.6) is 0 Å². The zero-order valence-corrected chi connectivity index (χ0v) is 14.7. The van der Waals surface area contributed by atoms with Crippen molar-refractivity contribution in [1.29, 1.82) is 0 Å². The second-order valence-electron chi connectivity index (χ2n) is 6.12. The summed E-state index contributed by atoms with van der Waals surface area (Å²) in [6, 6.07) is 9.70. The molecule has 6 heteroatoms. The van der Waals surface area contributed by atoms with Crippen molar-refractivity contribution < 1.29 is 9.59 Å². The lowest BCUT2D eigenvalue weighted by Gasteiger charge is -2.30. The molecule has 2 heterocycles. The molecule has 1 fully saturated rings. The molecule has 0 bridgehead atoms. The molecule has 3 rings (SSSR count). The predicted octanol–water partition coefficient (Wildman–Crippen LogP) is 3.47. The first-order valence-electron chi connectivity index (χ1n) is 7.99. The third-order valence-electron chi connectivity index (χ3n) is 4.21. The van der Waals surface area contributed by atoms with Gasteiger partial charge in [0.2, 0.25) is 5.91 Å². The van der Waals surface area contributed by atoms with Crippen LogP contribution in [0.3, 0.4) is 0 Å². The Balaban J connectivity index is 1.63. The van der Waals surface area contributed by atoms with Crippen molar-refractivity contribution in [3.05, 3.63) is 41.3 Å². The van der Waals surface area contributed by atoms with Crippen molar-refractivity contribution in [1.82, 2.24) is 10.2 Å². The fourth-order valence-electron chi connectivity index (χ4n) is 2.89. The first-order chi connectivity index (χ1) is 11.5. The molecule has 2 N–H and O–H groups in total. The standard InChI is InChI=1S/C18H21N3O2S/c1-12-8-9-24-17(12)13-4-3-5-14(10-13)19-18(23)20-15-6-7-16(22)21(2)11-15/h3-5,8-10,15H,6-7,11H2,1-2H3,(H2,19,20,23)/t15-/m0/s1. The lowest BCUT2D eigenvalue weighted by Crippen LogP contribution is -2.49. The third-order valence-corrected chi connectivity index (χ3v) is 5.27. The van der Waals surface area contributed by atoms with Gasteiger partial charge in [-0.25, -0.2) is 4.79 Å². The van der Waals surface area contributed by atoms with Crippen LogP contribution in [0.1, 0.15) is 18.4 Å². The highest BCUT2D eigenvalue weighted by Gasteiger charge is 2.23. The molecule has 3 amide bonds. The van der Waals surface area contributed by atoms with Gasteiger partial charge in [-0.1, -0.05) is 12.1 Å². The number of rotatable bonds is 3. The van der Waals surface area contributed by atoms with Crippen molar-refractivity contribution in [3.8, 4) is 10.4 Å². The molecule has 0 unspecified atom stereocenters. The number of nitrogens with one attached hydrogen (secondary N) is 2. The number of amides is 3. The number of carbonyl (C=O) groups excluding carboxylic acids is 2. The Kier molecular flexibility index (Phi) is 4.85. The maximum absolute atomic E-state index is 12.2. The summed E-state index contributed by atoms with van der Waals surface area (Å²) < 4.78 is 0. The number of anilines is 1. The minimum absolute atomic E-state index is 0.00424. The molecule has 1 aliphatic heterocycles. The van der Waals surface area contributed by atoms with Crippen molar-refractivity contribution in [2.75, 3.05) is 18.9 Å². The van der Waals surface area contributed by atoms with Gasteiger partial charge in [-0.3, -0.25) is 4.79 Å². The number of thiophene rings is 1. The number of nitrogens with zero attached hydrogens (tertiary/aromatic N) is 1. The summed E-state index contributed by atoms with van der Waals surface area (Å²) in [6.45, 7) is 2.64. The van der Waals surface area contributed by atoms with Crippen molar-refractivity contribution >= 4 is 29.0 Å². The average Bonchev–Trinajstić information content (AvgIpc) is 2.97. The van der Waals surface area contributed by atoms with Crippen LogP contribution in [0, 0.1) is 6.92 Å². The first-order valence-corrected chi connectivity index (χ1v) is 8.87. The number of hydrogen-bond donors (Lipinski definition) is 2. The molecule has 1 atom stereocenters. The molecule has 24 heavy (non-hydrogen) atoms. The van der Waals surface area contributed by atoms with Crippen LogP contribution in [-0.4, -0.2) is 36.5 Å². The largest absolute Gasteiger partial charge is 0.344 e. The number of piperidine rings is 1. The van der Waals surface area contributed by atoms with E-state index in [2.05, 4.69) is 29.0 Å². The molecular weight excluding hydrogens is 322 g/mol. The van der Waals surface area contributed by atoms with E-state index in [0.29, 0.717) is 19.4 Å². The first kappa shape index (κ1) is 16.5. The van der Waals surface area contributed by atoms with Gasteiger partial charge < -0.3 is 15.5 Å². The van der Waals surface area contributed by atoms with E-state index >= 15 is 0 Å². The molecule has 1 saturated heterocycles. The van der Waals surface area contributed by atoms with E-state index < -0.39 is 0 Å². The smallest absolute Gasteiger partial charge is 0.319 e. The molecule has 1 aromatic heterocycles. The molecule has 5 nitrogen and oxygen atoms in total. The molecule has 1 aliphatic rings. The van der Waals surface area contributed by atoms with Crippen molar-refractivity contribution in [2.45, 2.75) is 25.8 Å².